The van der Waals surface area contributed by atoms with Crippen LogP contribution in [0.25, 0.3) is 84.1 Å². The van der Waals surface area contributed by atoms with Crippen LogP contribution in [0.4, 0.5) is 34.1 Å². The summed E-state index contributed by atoms with van der Waals surface area (Å²) in [4.78, 5) is 4.85. The second-order valence-electron chi connectivity index (χ2n) is 15.7. The summed E-state index contributed by atoms with van der Waals surface area (Å²) in [5, 5.41) is 10.2. The Morgan fingerprint density at radius 1 is 0.267 bits per heavy atom. The van der Waals surface area contributed by atoms with Gasteiger partial charge in [-0.2, -0.15) is 0 Å². The van der Waals surface area contributed by atoms with Crippen LogP contribution in [-0.4, -0.2) is 0 Å². The van der Waals surface area contributed by atoms with E-state index in [1.165, 1.54) is 95.5 Å². The van der Waals surface area contributed by atoms with Gasteiger partial charge in [-0.25, -0.2) is 0 Å². The largest absolute Gasteiger partial charge is 0.309 e. The van der Waals surface area contributed by atoms with Crippen molar-refractivity contribution in [3.05, 3.63) is 206 Å². The standard InChI is InChI=1S/C56H34N2S2/c1-3-13-39(14-4-1)57(51-21-11-19-45-43-17-7-9-23-53(43)59-55(45)51)41-27-25-35-31-47-49(33-37(35)29-41)48-32-36-26-28-42(30-38(36)34-50(47)48)58(40-15-5-2-6-16-40)52-22-12-20-46-44-18-8-10-24-54(44)60-56(46)52/h1-34H. The minimum Gasteiger partial charge on any atom is -0.309 e. The molecule has 13 rings (SSSR count). The maximum atomic E-state index is 2.43. The number of rotatable bonds is 6. The zero-order chi connectivity index (χ0) is 39.3. The lowest BCUT2D eigenvalue weighted by atomic mass is 9.78. The zero-order valence-electron chi connectivity index (χ0n) is 32.3. The number of fused-ring (bicyclic) bond motifs is 12. The van der Waals surface area contributed by atoms with Gasteiger partial charge in [0.05, 0.1) is 20.8 Å². The minimum absolute atomic E-state index is 1.15. The first-order valence-electron chi connectivity index (χ1n) is 20.4. The predicted molar refractivity (Wildman–Crippen MR) is 261 cm³/mol. The van der Waals surface area contributed by atoms with E-state index in [0.29, 0.717) is 0 Å². The molecule has 0 N–H and O–H groups in total. The third-order valence-electron chi connectivity index (χ3n) is 12.3. The molecule has 2 nitrogen and oxygen atoms in total. The molecule has 0 spiro atoms. The second kappa shape index (κ2) is 13.1. The molecule has 280 valence electrons. The molecule has 12 aromatic rings. The summed E-state index contributed by atoms with van der Waals surface area (Å²) in [6.07, 6.45) is 0. The molecule has 1 aliphatic carbocycles. The molecular weight excluding hydrogens is 765 g/mol. The number of thiophene rings is 2. The Balaban J connectivity index is 0.912. The Morgan fingerprint density at radius 2 is 0.650 bits per heavy atom. The summed E-state index contributed by atoms with van der Waals surface area (Å²) in [5.41, 5.74) is 12.3. The van der Waals surface area contributed by atoms with Gasteiger partial charge in [-0.05, 0) is 141 Å². The average Bonchev–Trinajstić information content (AvgIpc) is 3.89. The minimum atomic E-state index is 1.15. The van der Waals surface area contributed by atoms with Crippen LogP contribution in [-0.2, 0) is 0 Å². The highest BCUT2D eigenvalue weighted by molar-refractivity contribution is 7.26. The molecule has 0 unspecified atom stereocenters. The monoisotopic (exact) mass is 798 g/mol. The van der Waals surface area contributed by atoms with Gasteiger partial charge in [-0.15, -0.1) is 22.7 Å². The van der Waals surface area contributed by atoms with Crippen LogP contribution in [0.2, 0.25) is 0 Å². The third-order valence-corrected chi connectivity index (χ3v) is 14.7. The highest BCUT2D eigenvalue weighted by Crippen LogP contribution is 2.52. The van der Waals surface area contributed by atoms with E-state index >= 15 is 0 Å². The average molecular weight is 799 g/mol. The van der Waals surface area contributed by atoms with Crippen LogP contribution in [0.3, 0.4) is 0 Å². The van der Waals surface area contributed by atoms with E-state index < -0.39 is 0 Å². The molecule has 0 radical (unpaired) electrons. The van der Waals surface area contributed by atoms with Gasteiger partial charge in [-0.3, -0.25) is 0 Å². The van der Waals surface area contributed by atoms with E-state index in [9.17, 15) is 0 Å². The number of para-hydroxylation sites is 2. The first-order chi connectivity index (χ1) is 29.7. The van der Waals surface area contributed by atoms with E-state index in [4.69, 9.17) is 0 Å². The van der Waals surface area contributed by atoms with E-state index in [2.05, 4.69) is 216 Å². The summed E-state index contributed by atoms with van der Waals surface area (Å²) in [6, 6.07) is 76.0. The normalized spacial score (nSPS) is 12.0. The highest BCUT2D eigenvalue weighted by atomic mass is 32.1. The van der Waals surface area contributed by atoms with Crippen molar-refractivity contribution in [2.45, 2.75) is 0 Å². The van der Waals surface area contributed by atoms with Crippen LogP contribution in [0, 0.1) is 0 Å². The molecule has 4 heteroatoms. The molecule has 0 fully saturated rings. The van der Waals surface area contributed by atoms with Gasteiger partial charge in [-0.1, -0.05) is 109 Å². The van der Waals surface area contributed by atoms with Crippen molar-refractivity contribution >= 4 is 119 Å². The van der Waals surface area contributed by atoms with E-state index in [-0.39, 0.29) is 0 Å². The van der Waals surface area contributed by atoms with Gasteiger partial charge in [0.25, 0.3) is 0 Å². The van der Waals surface area contributed by atoms with Crippen molar-refractivity contribution in [3.8, 4) is 22.3 Å². The smallest absolute Gasteiger partial charge is 0.0640 e. The van der Waals surface area contributed by atoms with E-state index in [0.717, 1.165) is 22.7 Å². The van der Waals surface area contributed by atoms with Gasteiger partial charge in [0.2, 0.25) is 0 Å². The number of nitrogens with zero attached hydrogens (tertiary/aromatic N) is 2. The molecule has 2 aromatic heterocycles. The number of hydrogen-bond acceptors (Lipinski definition) is 4. The Morgan fingerprint density at radius 3 is 1.10 bits per heavy atom. The second-order valence-corrected chi connectivity index (χ2v) is 17.8. The molecule has 0 bridgehead atoms. The molecule has 0 aliphatic heterocycles. The molecule has 2 heterocycles. The van der Waals surface area contributed by atoms with Crippen molar-refractivity contribution in [1.29, 1.82) is 0 Å². The lowest BCUT2D eigenvalue weighted by molar-refractivity contribution is 1.31. The maximum Gasteiger partial charge on any atom is 0.0640 e. The maximum absolute atomic E-state index is 2.43. The van der Waals surface area contributed by atoms with Gasteiger partial charge >= 0.3 is 0 Å². The van der Waals surface area contributed by atoms with Crippen LogP contribution < -0.4 is 9.80 Å². The van der Waals surface area contributed by atoms with Crippen molar-refractivity contribution in [2.24, 2.45) is 0 Å². The van der Waals surface area contributed by atoms with Crippen LogP contribution in [0.15, 0.2) is 206 Å². The molecule has 0 amide bonds. The first kappa shape index (κ1) is 33.7. The predicted octanol–water partition coefficient (Wildman–Crippen LogP) is 17.3. The zero-order valence-corrected chi connectivity index (χ0v) is 34.0. The van der Waals surface area contributed by atoms with Crippen LogP contribution in [0.5, 0.6) is 0 Å². The fraction of sp³-hybridized carbons (Fsp3) is 0. The topological polar surface area (TPSA) is 6.48 Å². The van der Waals surface area contributed by atoms with E-state index in [1.807, 2.05) is 22.7 Å². The van der Waals surface area contributed by atoms with Gasteiger partial charge in [0, 0.05) is 53.7 Å². The molecule has 0 saturated carbocycles. The Labute approximate surface area is 355 Å². The first-order valence-corrected chi connectivity index (χ1v) is 22.0. The van der Waals surface area contributed by atoms with Gasteiger partial charge in [0.15, 0.2) is 0 Å². The summed E-state index contributed by atoms with van der Waals surface area (Å²) in [5.74, 6) is 0. The van der Waals surface area contributed by atoms with Crippen molar-refractivity contribution < 1.29 is 0 Å². The fourth-order valence-electron chi connectivity index (χ4n) is 9.50. The summed E-state index contributed by atoms with van der Waals surface area (Å²) >= 11 is 3.75. The highest BCUT2D eigenvalue weighted by Gasteiger charge is 2.26. The van der Waals surface area contributed by atoms with Crippen molar-refractivity contribution in [3.63, 3.8) is 0 Å². The lowest BCUT2D eigenvalue weighted by Gasteiger charge is -2.29. The molecule has 60 heavy (non-hydrogen) atoms. The van der Waals surface area contributed by atoms with Crippen molar-refractivity contribution in [1.82, 2.24) is 0 Å². The quantitative estimate of drug-likeness (QED) is 0.165. The Bertz CT molecular complexity index is 3420. The molecule has 10 aromatic carbocycles. The number of anilines is 6. The van der Waals surface area contributed by atoms with Crippen molar-refractivity contribution in [2.75, 3.05) is 9.80 Å². The summed E-state index contributed by atoms with van der Waals surface area (Å²) < 4.78 is 5.22. The fourth-order valence-corrected chi connectivity index (χ4v) is 11.9. The number of benzene rings is 10. The Hall–Kier alpha value is -7.24. The Kier molecular flexibility index (Phi) is 7.38. The summed E-state index contributed by atoms with van der Waals surface area (Å²) in [6.45, 7) is 0. The summed E-state index contributed by atoms with van der Waals surface area (Å²) in [7, 11) is 0. The van der Waals surface area contributed by atoms with Gasteiger partial charge in [0.1, 0.15) is 0 Å². The van der Waals surface area contributed by atoms with Crippen LogP contribution >= 0.6 is 22.7 Å². The molecule has 1 aliphatic rings. The molecule has 0 atom stereocenters. The number of hydrogen-bond donors (Lipinski definition) is 0. The van der Waals surface area contributed by atoms with E-state index in [1.54, 1.807) is 0 Å². The SMILES string of the molecule is c1ccc(N(c2ccc3cc4c(cc3c2)-c2cc3ccc(N(c5ccccc5)c5cccc6c5sc5ccccc56)cc3cc2-4)c2cccc3c2sc2ccccc23)cc1. The molecular formula is C56H34N2S2. The van der Waals surface area contributed by atoms with Gasteiger partial charge < -0.3 is 9.80 Å². The van der Waals surface area contributed by atoms with Crippen LogP contribution in [0.1, 0.15) is 0 Å². The molecule has 0 saturated heterocycles. The lowest BCUT2D eigenvalue weighted by Crippen LogP contribution is -2.10. The third kappa shape index (κ3) is 5.11.